The van der Waals surface area contributed by atoms with E-state index in [-0.39, 0.29) is 17.9 Å². The summed E-state index contributed by atoms with van der Waals surface area (Å²) in [6.07, 6.45) is 1.81. The molecule has 0 bridgehead atoms. The van der Waals surface area contributed by atoms with Gasteiger partial charge in [-0.1, -0.05) is 45.2 Å². The van der Waals surface area contributed by atoms with Gasteiger partial charge in [0, 0.05) is 11.4 Å². The predicted octanol–water partition coefficient (Wildman–Crippen LogP) is 4.27. The minimum atomic E-state index is -0.419. The summed E-state index contributed by atoms with van der Waals surface area (Å²) < 4.78 is 18.4. The van der Waals surface area contributed by atoms with Gasteiger partial charge in [-0.25, -0.2) is 5.26 Å². The summed E-state index contributed by atoms with van der Waals surface area (Å²) in [6, 6.07) is 6.17. The van der Waals surface area contributed by atoms with Crippen LogP contribution in [0.5, 0.6) is 5.75 Å². The second-order valence-electron chi connectivity index (χ2n) is 7.95. The van der Waals surface area contributed by atoms with Crippen LogP contribution in [0.2, 0.25) is 18.0 Å². The van der Waals surface area contributed by atoms with Crippen molar-refractivity contribution in [3.63, 3.8) is 0 Å². The summed E-state index contributed by atoms with van der Waals surface area (Å²) in [6.45, 7) is 14.9. The van der Waals surface area contributed by atoms with Crippen molar-refractivity contribution in [3.8, 4) is 11.7 Å². The maximum atomic E-state index is 9.13. The van der Waals surface area contributed by atoms with Gasteiger partial charge in [0.15, 0.2) is 0 Å². The van der Waals surface area contributed by atoms with E-state index in [0.717, 1.165) is 24.0 Å². The summed E-state index contributed by atoms with van der Waals surface area (Å²) in [5, 5.41) is 9.13. The van der Waals surface area contributed by atoms with Crippen LogP contribution < -0.4 is 10.2 Å². The number of para-hydroxylation sites is 1. The summed E-state index contributed by atoms with van der Waals surface area (Å²) in [5.41, 5.74) is 1.39. The molecular formula is C21H34B2NO3Sb. The molecule has 0 amide bonds. The first-order valence-electron chi connectivity index (χ1n) is 10.2. The van der Waals surface area contributed by atoms with E-state index in [0.29, 0.717) is 12.5 Å². The SMILES string of the molecule is CB(C#N)CC1CCOc2c(B3OC(C)(C)C(C)(C)O3)cccc21.CC.[CH3][Sb]. The Labute approximate surface area is 186 Å². The van der Waals surface area contributed by atoms with E-state index >= 15 is 0 Å². The predicted molar refractivity (Wildman–Crippen MR) is 120 cm³/mol. The van der Waals surface area contributed by atoms with Gasteiger partial charge in [0.2, 0.25) is 0 Å². The average Bonchev–Trinajstić information content (AvgIpc) is 2.92. The zero-order valence-corrected chi connectivity index (χ0v) is 21.3. The molecule has 1 aromatic rings. The van der Waals surface area contributed by atoms with Gasteiger partial charge in [-0.05, 0) is 45.6 Å². The molecule has 2 aliphatic rings. The third-order valence-corrected chi connectivity index (χ3v) is 5.59. The zero-order chi connectivity index (χ0) is 21.5. The number of nitriles is 1. The second-order valence-corrected chi connectivity index (χ2v) is 7.95. The number of rotatable bonds is 3. The maximum absolute atomic E-state index is 9.13. The van der Waals surface area contributed by atoms with E-state index in [2.05, 4.69) is 44.6 Å². The van der Waals surface area contributed by atoms with Crippen LogP contribution in [0, 0.1) is 11.2 Å². The van der Waals surface area contributed by atoms with Crippen LogP contribution >= 0.6 is 0 Å². The monoisotopic (exact) mass is 491 g/mol. The van der Waals surface area contributed by atoms with Crippen LogP contribution in [0.1, 0.15) is 59.4 Å². The first-order valence-corrected chi connectivity index (χ1v) is 12.8. The number of fused-ring (bicyclic) bond motifs is 1. The van der Waals surface area contributed by atoms with Crippen LogP contribution in [0.25, 0.3) is 0 Å². The van der Waals surface area contributed by atoms with Gasteiger partial charge in [0.1, 0.15) is 5.75 Å². The van der Waals surface area contributed by atoms with Crippen molar-refractivity contribution in [2.24, 2.45) is 0 Å². The normalized spacial score (nSPS) is 21.0. The third kappa shape index (κ3) is 5.50. The molecule has 1 aromatic carbocycles. The quantitative estimate of drug-likeness (QED) is 0.593. The van der Waals surface area contributed by atoms with Crippen molar-refractivity contribution in [2.45, 2.75) is 83.1 Å². The van der Waals surface area contributed by atoms with Crippen LogP contribution in [-0.4, -0.2) is 54.7 Å². The Hall–Kier alpha value is -0.622. The number of hydrogen-bond donors (Lipinski definition) is 0. The van der Waals surface area contributed by atoms with Crippen molar-refractivity contribution >= 4 is 42.3 Å². The fraction of sp³-hybridized carbons (Fsp3) is 0.667. The standard InChI is InChI=1S/C18H25B2NO3.C2H6.CH3.Sb/c1-17(2)18(3,4)24-20(23-17)15-8-6-7-14-13(11-19(5)12-21)9-10-22-16(14)15;1-2;;/h6-8,13H,9-11H2,1-5H3;1-2H3;1H3;. The summed E-state index contributed by atoms with van der Waals surface area (Å²) in [4.78, 5) is 2.05. The summed E-state index contributed by atoms with van der Waals surface area (Å²) >= 11 is 1.75. The van der Waals surface area contributed by atoms with Crippen molar-refractivity contribution in [1.82, 2.24) is 0 Å². The molecule has 0 saturated carbocycles. The number of nitrogens with zero attached hydrogens (tertiary/aromatic N) is 1. The molecular weight excluding hydrogens is 458 g/mol. The van der Waals surface area contributed by atoms with E-state index in [1.54, 1.807) is 23.0 Å². The number of ether oxygens (including phenoxy) is 1. The van der Waals surface area contributed by atoms with E-state index in [4.69, 9.17) is 19.3 Å². The molecule has 0 aromatic heterocycles. The Morgan fingerprint density at radius 1 is 1.18 bits per heavy atom. The van der Waals surface area contributed by atoms with Crippen LogP contribution in [0.3, 0.4) is 0 Å². The fourth-order valence-electron chi connectivity index (χ4n) is 3.40. The van der Waals surface area contributed by atoms with E-state index in [1.807, 2.05) is 32.8 Å². The first kappa shape index (κ1) is 25.4. The molecule has 3 rings (SSSR count). The molecule has 1 atom stereocenters. The fourth-order valence-corrected chi connectivity index (χ4v) is 3.40. The zero-order valence-electron chi connectivity index (χ0n) is 18.7. The molecule has 7 heteroatoms. The minimum absolute atomic E-state index is 0.0430. The van der Waals surface area contributed by atoms with Crippen LogP contribution in [-0.2, 0) is 9.31 Å². The Balaban J connectivity index is 0.000000921. The Morgan fingerprint density at radius 2 is 1.75 bits per heavy atom. The first-order chi connectivity index (χ1) is 13.2. The molecule has 4 nitrogen and oxygen atoms in total. The molecule has 2 radical (unpaired) electrons. The molecule has 152 valence electrons. The molecule has 0 spiro atoms. The average molecular weight is 492 g/mol. The summed E-state index contributed by atoms with van der Waals surface area (Å²) in [7, 11) is -0.419. The van der Waals surface area contributed by atoms with Gasteiger partial charge in [0.25, 0.3) is 6.71 Å². The van der Waals surface area contributed by atoms with Gasteiger partial charge < -0.3 is 14.0 Å². The van der Waals surface area contributed by atoms with Crippen molar-refractivity contribution in [1.29, 1.82) is 5.26 Å². The molecule has 1 unspecified atom stereocenters. The molecule has 1 fully saturated rings. The van der Waals surface area contributed by atoms with Crippen LogP contribution in [0.4, 0.5) is 0 Å². The van der Waals surface area contributed by atoms with Crippen molar-refractivity contribution in [3.05, 3.63) is 23.8 Å². The van der Waals surface area contributed by atoms with Gasteiger partial charge in [-0.2, -0.15) is 0 Å². The molecule has 2 heterocycles. The van der Waals surface area contributed by atoms with Crippen molar-refractivity contribution in [2.75, 3.05) is 6.61 Å². The molecule has 28 heavy (non-hydrogen) atoms. The van der Waals surface area contributed by atoms with Gasteiger partial charge in [-0.3, -0.25) is 0 Å². The topological polar surface area (TPSA) is 51.5 Å². The van der Waals surface area contributed by atoms with E-state index < -0.39 is 7.12 Å². The van der Waals surface area contributed by atoms with E-state index in [1.165, 1.54) is 5.56 Å². The van der Waals surface area contributed by atoms with E-state index in [9.17, 15) is 0 Å². The molecule has 1 saturated heterocycles. The Bertz CT molecular complexity index is 660. The Kier molecular flexibility index (Phi) is 9.94. The summed E-state index contributed by atoms with van der Waals surface area (Å²) in [5.74, 6) is 3.58. The molecule has 0 aliphatic carbocycles. The van der Waals surface area contributed by atoms with Gasteiger partial charge >= 0.3 is 35.0 Å². The molecule has 0 N–H and O–H groups in total. The Morgan fingerprint density at radius 3 is 2.29 bits per heavy atom. The third-order valence-electron chi connectivity index (χ3n) is 5.59. The van der Waals surface area contributed by atoms with Gasteiger partial charge in [0.05, 0.1) is 17.8 Å². The van der Waals surface area contributed by atoms with Crippen LogP contribution in [0.15, 0.2) is 18.2 Å². The molecule has 2 aliphatic heterocycles. The van der Waals surface area contributed by atoms with Crippen molar-refractivity contribution < 1.29 is 14.0 Å². The van der Waals surface area contributed by atoms with Gasteiger partial charge in [-0.15, -0.1) is 0 Å². The second kappa shape index (κ2) is 11.0. The number of benzene rings is 1. The number of hydrogen-bond acceptors (Lipinski definition) is 4.